The van der Waals surface area contributed by atoms with E-state index in [-0.39, 0.29) is 11.9 Å². The molecule has 1 aliphatic heterocycles. The number of fused-ring (bicyclic) bond motifs is 1. The molecule has 4 rings (SSSR count). The van der Waals surface area contributed by atoms with Crippen LogP contribution in [-0.4, -0.2) is 53.6 Å². The van der Waals surface area contributed by atoms with E-state index in [0.717, 1.165) is 44.2 Å². The quantitative estimate of drug-likeness (QED) is 0.814. The molecular formula is C23H32N4O2. The van der Waals surface area contributed by atoms with Gasteiger partial charge in [0.15, 0.2) is 5.76 Å². The van der Waals surface area contributed by atoms with Gasteiger partial charge in [0.05, 0.1) is 24.8 Å². The van der Waals surface area contributed by atoms with Crippen molar-refractivity contribution in [3.8, 4) is 0 Å². The van der Waals surface area contributed by atoms with E-state index in [9.17, 15) is 4.79 Å². The Hall–Kier alpha value is -2.18. The Bertz CT molecular complexity index is 839. The molecule has 1 N–H and O–H groups in total. The molecule has 2 aliphatic rings. The number of nitrogens with one attached hydrogen (secondary N) is 1. The number of aromatic nitrogens is 1. The number of carbonyl (C=O) groups excluding carboxylic acids is 1. The van der Waals surface area contributed by atoms with E-state index in [2.05, 4.69) is 45.4 Å². The minimum Gasteiger partial charge on any atom is -0.360 e. The van der Waals surface area contributed by atoms with Crippen molar-refractivity contribution in [2.24, 2.45) is 0 Å². The number of aryl methyl sites for hydroxylation is 3. The van der Waals surface area contributed by atoms with E-state index in [4.69, 9.17) is 4.52 Å². The average Bonchev–Trinajstić information content (AvgIpc) is 3.13. The zero-order valence-electron chi connectivity index (χ0n) is 17.6. The third-order valence-corrected chi connectivity index (χ3v) is 6.14. The molecule has 1 aromatic carbocycles. The predicted octanol–water partition coefficient (Wildman–Crippen LogP) is 2.86. The molecule has 1 saturated heterocycles. The molecule has 1 aromatic heterocycles. The Labute approximate surface area is 173 Å². The minimum atomic E-state index is 0.0470. The first-order chi connectivity index (χ1) is 14.1. The molecule has 1 atom stereocenters. The lowest BCUT2D eigenvalue weighted by Crippen LogP contribution is -2.49. The van der Waals surface area contributed by atoms with Crippen molar-refractivity contribution in [3.05, 3.63) is 52.4 Å². The number of hydrogen-bond donors (Lipinski definition) is 1. The zero-order chi connectivity index (χ0) is 20.2. The molecule has 6 nitrogen and oxygen atoms in total. The largest absolute Gasteiger partial charge is 0.360 e. The van der Waals surface area contributed by atoms with E-state index >= 15 is 0 Å². The number of hydrogen-bond acceptors (Lipinski definition) is 5. The Morgan fingerprint density at radius 2 is 1.83 bits per heavy atom. The first-order valence-corrected chi connectivity index (χ1v) is 10.8. The van der Waals surface area contributed by atoms with Crippen molar-refractivity contribution < 1.29 is 9.32 Å². The SMILES string of the molecule is Cc1cc(CN2CCN(CC(=O)NC(C)c3ccc4c(c3)CCCC4)CC2)on1. The van der Waals surface area contributed by atoms with Gasteiger partial charge in [0.1, 0.15) is 0 Å². The fraction of sp³-hybridized carbons (Fsp3) is 0.565. The molecule has 1 aliphatic carbocycles. The van der Waals surface area contributed by atoms with Gasteiger partial charge < -0.3 is 9.84 Å². The van der Waals surface area contributed by atoms with Gasteiger partial charge >= 0.3 is 0 Å². The molecule has 0 bridgehead atoms. The highest BCUT2D eigenvalue weighted by Crippen LogP contribution is 2.24. The summed E-state index contributed by atoms with van der Waals surface area (Å²) in [6, 6.07) is 8.76. The van der Waals surface area contributed by atoms with Crippen molar-refractivity contribution in [2.75, 3.05) is 32.7 Å². The van der Waals surface area contributed by atoms with Crippen molar-refractivity contribution in [1.82, 2.24) is 20.3 Å². The van der Waals surface area contributed by atoms with Crippen LogP contribution in [0.25, 0.3) is 0 Å². The van der Waals surface area contributed by atoms with Gasteiger partial charge in [0, 0.05) is 32.2 Å². The molecule has 0 radical (unpaired) electrons. The van der Waals surface area contributed by atoms with Crippen molar-refractivity contribution >= 4 is 5.91 Å². The summed E-state index contributed by atoms with van der Waals surface area (Å²) >= 11 is 0. The van der Waals surface area contributed by atoms with Crippen LogP contribution in [0, 0.1) is 6.92 Å². The molecule has 156 valence electrons. The molecule has 0 spiro atoms. The molecule has 1 unspecified atom stereocenters. The van der Waals surface area contributed by atoms with Crippen LogP contribution in [0.4, 0.5) is 0 Å². The molecule has 2 heterocycles. The van der Waals surface area contributed by atoms with Crippen LogP contribution in [0.1, 0.15) is 54.0 Å². The second-order valence-electron chi connectivity index (χ2n) is 8.51. The summed E-state index contributed by atoms with van der Waals surface area (Å²) < 4.78 is 5.31. The van der Waals surface area contributed by atoms with Crippen molar-refractivity contribution in [3.63, 3.8) is 0 Å². The van der Waals surface area contributed by atoms with Gasteiger partial charge in [-0.05, 0) is 56.2 Å². The predicted molar refractivity (Wildman–Crippen MR) is 113 cm³/mol. The van der Waals surface area contributed by atoms with Crippen molar-refractivity contribution in [1.29, 1.82) is 0 Å². The van der Waals surface area contributed by atoms with Crippen LogP contribution >= 0.6 is 0 Å². The maximum absolute atomic E-state index is 12.6. The molecule has 2 aromatic rings. The van der Waals surface area contributed by atoms with Crippen molar-refractivity contribution in [2.45, 2.75) is 52.1 Å². The second kappa shape index (κ2) is 9.09. The third-order valence-electron chi connectivity index (χ3n) is 6.14. The molecule has 0 saturated carbocycles. The van der Waals surface area contributed by atoms with Crippen LogP contribution in [0.15, 0.2) is 28.8 Å². The first kappa shape index (κ1) is 20.1. The zero-order valence-corrected chi connectivity index (χ0v) is 17.6. The van der Waals surface area contributed by atoms with Gasteiger partial charge in [-0.2, -0.15) is 0 Å². The highest BCUT2D eigenvalue weighted by molar-refractivity contribution is 5.78. The summed E-state index contributed by atoms with van der Waals surface area (Å²) in [6.45, 7) is 8.94. The highest BCUT2D eigenvalue weighted by Gasteiger charge is 2.21. The lowest BCUT2D eigenvalue weighted by molar-refractivity contribution is -0.123. The number of nitrogens with zero attached hydrogens (tertiary/aromatic N) is 3. The fourth-order valence-corrected chi connectivity index (χ4v) is 4.41. The molecule has 6 heteroatoms. The number of rotatable bonds is 6. The van der Waals surface area contributed by atoms with Crippen LogP contribution in [0.2, 0.25) is 0 Å². The Morgan fingerprint density at radius 3 is 2.55 bits per heavy atom. The monoisotopic (exact) mass is 396 g/mol. The summed E-state index contributed by atoms with van der Waals surface area (Å²) in [6.07, 6.45) is 4.93. The van der Waals surface area contributed by atoms with E-state index in [1.165, 1.54) is 42.4 Å². The number of amides is 1. The maximum Gasteiger partial charge on any atom is 0.234 e. The molecule has 1 amide bonds. The third kappa shape index (κ3) is 5.25. The summed E-state index contributed by atoms with van der Waals surface area (Å²) in [5.74, 6) is 1.02. The Kier molecular flexibility index (Phi) is 6.31. The Morgan fingerprint density at radius 1 is 1.10 bits per heavy atom. The van der Waals surface area contributed by atoms with Crippen LogP contribution < -0.4 is 5.32 Å². The Balaban J connectivity index is 1.23. The lowest BCUT2D eigenvalue weighted by atomic mass is 9.89. The van der Waals surface area contributed by atoms with E-state index < -0.39 is 0 Å². The average molecular weight is 397 g/mol. The number of piperazine rings is 1. The fourth-order valence-electron chi connectivity index (χ4n) is 4.41. The van der Waals surface area contributed by atoms with E-state index in [1.807, 2.05) is 13.0 Å². The normalized spacial score (nSPS) is 19.0. The minimum absolute atomic E-state index is 0.0470. The standard InChI is InChI=1S/C23H32N4O2/c1-17-13-22(29-25-17)15-26-9-11-27(12-10-26)16-23(28)24-18(2)20-8-7-19-5-3-4-6-21(19)14-20/h7-8,13-14,18H,3-6,9-12,15-16H2,1-2H3,(H,24,28). The lowest BCUT2D eigenvalue weighted by Gasteiger charge is -2.33. The summed E-state index contributed by atoms with van der Waals surface area (Å²) in [7, 11) is 0. The van der Waals surface area contributed by atoms with Gasteiger partial charge in [-0.1, -0.05) is 23.4 Å². The van der Waals surface area contributed by atoms with E-state index in [1.54, 1.807) is 0 Å². The topological polar surface area (TPSA) is 61.6 Å². The molecule has 29 heavy (non-hydrogen) atoms. The highest BCUT2D eigenvalue weighted by atomic mass is 16.5. The smallest absolute Gasteiger partial charge is 0.234 e. The summed E-state index contributed by atoms with van der Waals surface area (Å²) in [4.78, 5) is 17.2. The van der Waals surface area contributed by atoms with Crippen LogP contribution in [0.5, 0.6) is 0 Å². The summed E-state index contributed by atoms with van der Waals surface area (Å²) in [5, 5.41) is 7.13. The number of carbonyl (C=O) groups is 1. The van der Waals surface area contributed by atoms with E-state index in [0.29, 0.717) is 6.54 Å². The number of benzene rings is 1. The van der Waals surface area contributed by atoms with Gasteiger partial charge in [-0.25, -0.2) is 0 Å². The van der Waals surface area contributed by atoms with Gasteiger partial charge in [-0.15, -0.1) is 0 Å². The van der Waals surface area contributed by atoms with Gasteiger partial charge in [0.2, 0.25) is 5.91 Å². The van der Waals surface area contributed by atoms with Crippen LogP contribution in [-0.2, 0) is 24.2 Å². The van der Waals surface area contributed by atoms with Crippen LogP contribution in [0.3, 0.4) is 0 Å². The summed E-state index contributed by atoms with van der Waals surface area (Å²) in [5.41, 5.74) is 5.08. The maximum atomic E-state index is 12.6. The van der Waals surface area contributed by atoms with Gasteiger partial charge in [0.25, 0.3) is 0 Å². The first-order valence-electron chi connectivity index (χ1n) is 10.8. The molecule has 1 fully saturated rings. The second-order valence-corrected chi connectivity index (χ2v) is 8.51. The van der Waals surface area contributed by atoms with Gasteiger partial charge in [-0.3, -0.25) is 14.6 Å². The molecular weight excluding hydrogens is 364 g/mol.